The number of hydrogen-bond acceptors (Lipinski definition) is 2. The molecule has 0 spiro atoms. The van der Waals surface area contributed by atoms with Crippen LogP contribution in [0.5, 0.6) is 0 Å². The fraction of sp³-hybridized carbons (Fsp3) is 0. The first-order chi connectivity index (χ1) is 6.66. The zero-order chi connectivity index (χ0) is 10.1. The lowest BCUT2D eigenvalue weighted by Gasteiger charge is -2.04. The summed E-state index contributed by atoms with van der Waals surface area (Å²) in [6.45, 7) is 0. The van der Waals surface area contributed by atoms with E-state index in [9.17, 15) is 0 Å². The maximum absolute atomic E-state index is 5.54. The van der Waals surface area contributed by atoms with E-state index in [1.165, 1.54) is 0 Å². The fourth-order valence-electron chi connectivity index (χ4n) is 1.14. The molecule has 0 radical (unpaired) electrons. The van der Waals surface area contributed by atoms with Crippen LogP contribution in [0.25, 0.3) is 5.69 Å². The van der Waals surface area contributed by atoms with Gasteiger partial charge in [0.2, 0.25) is 0 Å². The normalized spacial score (nSPS) is 10.4. The van der Waals surface area contributed by atoms with E-state index in [0.29, 0.717) is 5.82 Å². The Morgan fingerprint density at radius 2 is 2.00 bits per heavy atom. The minimum Gasteiger partial charge on any atom is -0.382 e. The van der Waals surface area contributed by atoms with Crippen LogP contribution in [0.4, 0.5) is 5.82 Å². The number of aromatic nitrogens is 2. The van der Waals surface area contributed by atoms with Gasteiger partial charge in [0.15, 0.2) is 0 Å². The molecule has 1 aromatic heterocycles. The third-order valence-electron chi connectivity index (χ3n) is 1.77. The maximum atomic E-state index is 5.54. The first-order valence-corrected chi connectivity index (χ1v) is 5.52. The first-order valence-electron chi connectivity index (χ1n) is 3.93. The maximum Gasteiger partial charge on any atom is 0.145 e. The minimum absolute atomic E-state index is 0.514. The quantitative estimate of drug-likeness (QED) is 0.879. The Bertz CT molecular complexity index is 465. The molecule has 14 heavy (non-hydrogen) atoms. The van der Waals surface area contributed by atoms with Crippen LogP contribution < -0.4 is 5.73 Å². The van der Waals surface area contributed by atoms with E-state index in [-0.39, 0.29) is 0 Å². The van der Waals surface area contributed by atoms with Gasteiger partial charge in [-0.15, -0.1) is 0 Å². The number of anilines is 1. The lowest BCUT2D eigenvalue weighted by molar-refractivity contribution is 0.881. The van der Waals surface area contributed by atoms with Crippen LogP contribution in [0.15, 0.2) is 39.4 Å². The monoisotopic (exact) mass is 315 g/mol. The van der Waals surface area contributed by atoms with Gasteiger partial charge in [-0.2, -0.15) is 5.10 Å². The second-order valence-corrected chi connectivity index (χ2v) is 4.55. The molecular formula is C9H7Br2N3. The minimum atomic E-state index is 0.514. The molecule has 0 aliphatic carbocycles. The lowest BCUT2D eigenvalue weighted by atomic mass is 10.3. The Morgan fingerprint density at radius 1 is 1.21 bits per heavy atom. The van der Waals surface area contributed by atoms with Crippen molar-refractivity contribution in [1.82, 2.24) is 9.78 Å². The van der Waals surface area contributed by atoms with E-state index >= 15 is 0 Å². The van der Waals surface area contributed by atoms with Gasteiger partial charge in [-0.25, -0.2) is 4.68 Å². The van der Waals surface area contributed by atoms with E-state index in [1.807, 2.05) is 24.4 Å². The van der Waals surface area contributed by atoms with E-state index in [4.69, 9.17) is 5.73 Å². The highest BCUT2D eigenvalue weighted by Gasteiger charge is 2.03. The van der Waals surface area contributed by atoms with Crippen molar-refractivity contribution in [3.8, 4) is 5.69 Å². The molecule has 0 amide bonds. The SMILES string of the molecule is Nc1ccn(-c2ccc(Br)cc2Br)n1. The summed E-state index contributed by atoms with van der Waals surface area (Å²) in [7, 11) is 0. The van der Waals surface area contributed by atoms with E-state index < -0.39 is 0 Å². The first kappa shape index (κ1) is 9.73. The van der Waals surface area contributed by atoms with Crippen LogP contribution in [-0.2, 0) is 0 Å². The molecule has 5 heteroatoms. The Labute approximate surface area is 98.2 Å². The summed E-state index contributed by atoms with van der Waals surface area (Å²) in [6.07, 6.45) is 1.82. The van der Waals surface area contributed by atoms with Crippen molar-refractivity contribution in [2.24, 2.45) is 0 Å². The molecule has 0 atom stereocenters. The molecule has 0 saturated heterocycles. The van der Waals surface area contributed by atoms with Crippen molar-refractivity contribution in [1.29, 1.82) is 0 Å². The Balaban J connectivity index is 2.52. The number of benzene rings is 1. The largest absolute Gasteiger partial charge is 0.382 e. The molecule has 2 aromatic rings. The highest BCUT2D eigenvalue weighted by molar-refractivity contribution is 9.11. The molecule has 0 aliphatic heterocycles. The third-order valence-corrected chi connectivity index (χ3v) is 2.89. The predicted molar refractivity (Wildman–Crippen MR) is 63.4 cm³/mol. The zero-order valence-electron chi connectivity index (χ0n) is 7.11. The smallest absolute Gasteiger partial charge is 0.145 e. The Morgan fingerprint density at radius 3 is 2.57 bits per heavy atom. The van der Waals surface area contributed by atoms with Crippen LogP contribution in [0.1, 0.15) is 0 Å². The standard InChI is InChI=1S/C9H7Br2N3/c10-6-1-2-8(7(11)5-6)14-4-3-9(12)13-14/h1-5H,(H2,12,13). The van der Waals surface area contributed by atoms with E-state index in [1.54, 1.807) is 10.7 Å². The van der Waals surface area contributed by atoms with Gasteiger partial charge in [0.1, 0.15) is 5.82 Å². The number of nitrogens with zero attached hydrogens (tertiary/aromatic N) is 2. The van der Waals surface area contributed by atoms with Gasteiger partial charge in [-0.1, -0.05) is 15.9 Å². The van der Waals surface area contributed by atoms with Crippen LogP contribution in [0, 0.1) is 0 Å². The second kappa shape index (κ2) is 3.74. The zero-order valence-corrected chi connectivity index (χ0v) is 10.3. The van der Waals surface area contributed by atoms with Crippen molar-refractivity contribution in [3.63, 3.8) is 0 Å². The molecule has 2 N–H and O–H groups in total. The summed E-state index contributed by atoms with van der Waals surface area (Å²) in [5.74, 6) is 0.514. The summed E-state index contributed by atoms with van der Waals surface area (Å²) >= 11 is 6.85. The molecule has 0 saturated carbocycles. The summed E-state index contributed by atoms with van der Waals surface area (Å²) in [5.41, 5.74) is 6.50. The van der Waals surface area contributed by atoms with Crippen molar-refractivity contribution < 1.29 is 0 Å². The van der Waals surface area contributed by atoms with Gasteiger partial charge in [-0.05, 0) is 34.1 Å². The van der Waals surface area contributed by atoms with E-state index in [0.717, 1.165) is 14.6 Å². The average molecular weight is 317 g/mol. The number of halogens is 2. The summed E-state index contributed by atoms with van der Waals surface area (Å²) in [5, 5.41) is 4.12. The van der Waals surface area contributed by atoms with Gasteiger partial charge in [0, 0.05) is 21.2 Å². The van der Waals surface area contributed by atoms with Gasteiger partial charge in [0.05, 0.1) is 5.69 Å². The average Bonchev–Trinajstić information content (AvgIpc) is 2.51. The molecule has 2 rings (SSSR count). The van der Waals surface area contributed by atoms with Gasteiger partial charge < -0.3 is 5.73 Å². The molecule has 0 fully saturated rings. The summed E-state index contributed by atoms with van der Waals surface area (Å²) < 4.78 is 3.72. The Kier molecular flexibility index (Phi) is 2.60. The van der Waals surface area contributed by atoms with Crippen LogP contribution in [0.2, 0.25) is 0 Å². The number of nitrogen functional groups attached to an aromatic ring is 1. The lowest BCUT2D eigenvalue weighted by Crippen LogP contribution is -1.97. The van der Waals surface area contributed by atoms with Crippen LogP contribution in [0.3, 0.4) is 0 Å². The number of hydrogen-bond donors (Lipinski definition) is 1. The molecule has 72 valence electrons. The molecular weight excluding hydrogens is 310 g/mol. The molecule has 1 aromatic carbocycles. The number of nitrogens with two attached hydrogens (primary N) is 1. The third kappa shape index (κ3) is 1.83. The Hall–Kier alpha value is -0.810. The van der Waals surface area contributed by atoms with Crippen molar-refractivity contribution in [2.45, 2.75) is 0 Å². The fourth-order valence-corrected chi connectivity index (χ4v) is 2.37. The van der Waals surface area contributed by atoms with Gasteiger partial charge in [-0.3, -0.25) is 0 Å². The van der Waals surface area contributed by atoms with Gasteiger partial charge >= 0.3 is 0 Å². The predicted octanol–water partition coefficient (Wildman–Crippen LogP) is 2.98. The molecule has 1 heterocycles. The van der Waals surface area contributed by atoms with Gasteiger partial charge in [0.25, 0.3) is 0 Å². The van der Waals surface area contributed by atoms with Crippen molar-refractivity contribution >= 4 is 37.7 Å². The van der Waals surface area contributed by atoms with Crippen molar-refractivity contribution in [2.75, 3.05) is 5.73 Å². The molecule has 0 aliphatic rings. The van der Waals surface area contributed by atoms with E-state index in [2.05, 4.69) is 37.0 Å². The summed E-state index contributed by atoms with van der Waals surface area (Å²) in [6, 6.07) is 7.64. The number of rotatable bonds is 1. The van der Waals surface area contributed by atoms with Crippen LogP contribution >= 0.6 is 31.9 Å². The molecule has 0 bridgehead atoms. The second-order valence-electron chi connectivity index (χ2n) is 2.78. The highest BCUT2D eigenvalue weighted by Crippen LogP contribution is 2.24. The topological polar surface area (TPSA) is 43.8 Å². The van der Waals surface area contributed by atoms with Crippen molar-refractivity contribution in [3.05, 3.63) is 39.4 Å². The summed E-state index contributed by atoms with van der Waals surface area (Å²) in [4.78, 5) is 0. The molecule has 0 unspecified atom stereocenters. The van der Waals surface area contributed by atoms with Crippen LogP contribution in [-0.4, -0.2) is 9.78 Å². The highest BCUT2D eigenvalue weighted by atomic mass is 79.9. The molecule has 3 nitrogen and oxygen atoms in total.